The maximum absolute atomic E-state index is 12.8. The standard InChI is InChI=1S/C24H25N3O/c25-22-13-11-21(12-14-22)24(28)27-17-15-26(16-18-27)23(19-7-3-1-4-8-19)20-9-5-2-6-10-20/h1-14,23H,15-18,25H2. The fourth-order valence-corrected chi connectivity index (χ4v) is 3.88. The van der Waals surface area contributed by atoms with Gasteiger partial charge in [-0.2, -0.15) is 0 Å². The van der Waals surface area contributed by atoms with Crippen molar-refractivity contribution in [3.63, 3.8) is 0 Å². The largest absolute Gasteiger partial charge is 0.399 e. The van der Waals surface area contributed by atoms with Crippen molar-refractivity contribution in [2.75, 3.05) is 31.9 Å². The molecule has 142 valence electrons. The Morgan fingerprint density at radius 1 is 0.714 bits per heavy atom. The van der Waals surface area contributed by atoms with Crippen LogP contribution in [0.25, 0.3) is 0 Å². The Labute approximate surface area is 166 Å². The van der Waals surface area contributed by atoms with Gasteiger partial charge in [-0.3, -0.25) is 9.69 Å². The van der Waals surface area contributed by atoms with Gasteiger partial charge in [0.15, 0.2) is 0 Å². The number of nitrogens with zero attached hydrogens (tertiary/aromatic N) is 2. The SMILES string of the molecule is Nc1ccc(C(=O)N2CCN(C(c3ccccc3)c3ccccc3)CC2)cc1. The van der Waals surface area contributed by atoms with Crippen LogP contribution in [-0.2, 0) is 0 Å². The second-order valence-corrected chi connectivity index (χ2v) is 7.17. The molecule has 3 aromatic carbocycles. The molecule has 4 rings (SSSR count). The minimum atomic E-state index is 0.0793. The van der Waals surface area contributed by atoms with Crippen LogP contribution < -0.4 is 5.73 Å². The van der Waals surface area contributed by atoms with Gasteiger partial charge in [0.25, 0.3) is 5.91 Å². The number of anilines is 1. The van der Waals surface area contributed by atoms with Crippen molar-refractivity contribution < 1.29 is 4.79 Å². The molecule has 0 aromatic heterocycles. The molecule has 0 spiro atoms. The Kier molecular flexibility index (Phi) is 5.40. The second kappa shape index (κ2) is 8.28. The molecule has 1 amide bonds. The van der Waals surface area contributed by atoms with Crippen LogP contribution in [0.15, 0.2) is 84.9 Å². The highest BCUT2D eigenvalue weighted by molar-refractivity contribution is 5.94. The molecule has 4 heteroatoms. The number of carbonyl (C=O) groups is 1. The summed E-state index contributed by atoms with van der Waals surface area (Å²) in [6.45, 7) is 3.13. The zero-order chi connectivity index (χ0) is 19.3. The van der Waals surface area contributed by atoms with Crippen LogP contribution in [0.4, 0.5) is 5.69 Å². The molecule has 1 aliphatic rings. The lowest BCUT2D eigenvalue weighted by Crippen LogP contribution is -2.49. The molecule has 3 aromatic rings. The molecule has 2 N–H and O–H groups in total. The van der Waals surface area contributed by atoms with Gasteiger partial charge >= 0.3 is 0 Å². The molecular formula is C24H25N3O. The van der Waals surface area contributed by atoms with Crippen molar-refractivity contribution in [3.8, 4) is 0 Å². The minimum absolute atomic E-state index is 0.0793. The smallest absolute Gasteiger partial charge is 0.253 e. The number of hydrogen-bond donors (Lipinski definition) is 1. The van der Waals surface area contributed by atoms with E-state index in [9.17, 15) is 4.79 Å². The summed E-state index contributed by atoms with van der Waals surface area (Å²) >= 11 is 0. The van der Waals surface area contributed by atoms with E-state index in [1.807, 2.05) is 4.90 Å². The summed E-state index contributed by atoms with van der Waals surface area (Å²) in [6, 6.07) is 28.6. The van der Waals surface area contributed by atoms with Crippen molar-refractivity contribution in [1.29, 1.82) is 0 Å². The first-order valence-electron chi connectivity index (χ1n) is 9.71. The maximum Gasteiger partial charge on any atom is 0.253 e. The highest BCUT2D eigenvalue weighted by Gasteiger charge is 2.28. The van der Waals surface area contributed by atoms with E-state index in [0.717, 1.165) is 26.2 Å². The van der Waals surface area contributed by atoms with E-state index in [1.54, 1.807) is 24.3 Å². The lowest BCUT2D eigenvalue weighted by Gasteiger charge is -2.39. The molecule has 1 aliphatic heterocycles. The summed E-state index contributed by atoms with van der Waals surface area (Å²) in [5, 5.41) is 0. The van der Waals surface area contributed by atoms with Gasteiger partial charge < -0.3 is 10.6 Å². The molecule has 0 aliphatic carbocycles. The normalized spacial score (nSPS) is 15.0. The molecule has 1 fully saturated rings. The summed E-state index contributed by atoms with van der Waals surface area (Å²) in [4.78, 5) is 17.2. The summed E-state index contributed by atoms with van der Waals surface area (Å²) in [5.74, 6) is 0.0793. The van der Waals surface area contributed by atoms with Gasteiger partial charge in [-0.1, -0.05) is 60.7 Å². The lowest BCUT2D eigenvalue weighted by molar-refractivity contribution is 0.0597. The first-order chi connectivity index (χ1) is 13.7. The summed E-state index contributed by atoms with van der Waals surface area (Å²) in [7, 11) is 0. The van der Waals surface area contributed by atoms with Crippen LogP contribution in [0, 0.1) is 0 Å². The minimum Gasteiger partial charge on any atom is -0.399 e. The third-order valence-corrected chi connectivity index (χ3v) is 5.35. The van der Waals surface area contributed by atoms with Gasteiger partial charge in [0.05, 0.1) is 6.04 Å². The van der Waals surface area contributed by atoms with Crippen LogP contribution in [0.5, 0.6) is 0 Å². The highest BCUT2D eigenvalue weighted by atomic mass is 16.2. The van der Waals surface area contributed by atoms with E-state index in [0.29, 0.717) is 11.3 Å². The number of nitrogens with two attached hydrogens (primary N) is 1. The van der Waals surface area contributed by atoms with E-state index >= 15 is 0 Å². The van der Waals surface area contributed by atoms with Crippen molar-refractivity contribution in [2.24, 2.45) is 0 Å². The number of amides is 1. The highest BCUT2D eigenvalue weighted by Crippen LogP contribution is 2.29. The van der Waals surface area contributed by atoms with Crippen LogP contribution >= 0.6 is 0 Å². The molecule has 1 saturated heterocycles. The monoisotopic (exact) mass is 371 g/mol. The van der Waals surface area contributed by atoms with E-state index in [2.05, 4.69) is 65.6 Å². The van der Waals surface area contributed by atoms with Crippen molar-refractivity contribution in [1.82, 2.24) is 9.80 Å². The van der Waals surface area contributed by atoms with Crippen LogP contribution in [0.2, 0.25) is 0 Å². The predicted octanol–water partition coefficient (Wildman–Crippen LogP) is 3.82. The van der Waals surface area contributed by atoms with Gasteiger partial charge in [-0.05, 0) is 35.4 Å². The van der Waals surface area contributed by atoms with E-state index in [1.165, 1.54) is 11.1 Å². The van der Waals surface area contributed by atoms with Gasteiger partial charge in [0.2, 0.25) is 0 Å². The summed E-state index contributed by atoms with van der Waals surface area (Å²) < 4.78 is 0. The predicted molar refractivity (Wildman–Crippen MR) is 113 cm³/mol. The van der Waals surface area contributed by atoms with Gasteiger partial charge in [-0.25, -0.2) is 0 Å². The van der Waals surface area contributed by atoms with Gasteiger partial charge in [0.1, 0.15) is 0 Å². The Morgan fingerprint density at radius 2 is 1.21 bits per heavy atom. The third kappa shape index (κ3) is 3.92. The van der Waals surface area contributed by atoms with E-state index in [4.69, 9.17) is 5.73 Å². The van der Waals surface area contributed by atoms with Crippen molar-refractivity contribution in [3.05, 3.63) is 102 Å². The maximum atomic E-state index is 12.8. The number of carbonyl (C=O) groups excluding carboxylic acids is 1. The Hall–Kier alpha value is -3.11. The molecule has 0 atom stereocenters. The number of hydrogen-bond acceptors (Lipinski definition) is 3. The first-order valence-corrected chi connectivity index (χ1v) is 9.71. The van der Waals surface area contributed by atoms with Crippen LogP contribution in [0.1, 0.15) is 27.5 Å². The second-order valence-electron chi connectivity index (χ2n) is 7.17. The fourth-order valence-electron chi connectivity index (χ4n) is 3.88. The van der Waals surface area contributed by atoms with Crippen LogP contribution in [0.3, 0.4) is 0 Å². The lowest BCUT2D eigenvalue weighted by atomic mass is 9.96. The number of benzene rings is 3. The number of piperazine rings is 1. The Bertz CT molecular complexity index is 862. The number of rotatable bonds is 4. The zero-order valence-corrected chi connectivity index (χ0v) is 15.9. The quantitative estimate of drug-likeness (QED) is 0.710. The Morgan fingerprint density at radius 3 is 1.71 bits per heavy atom. The van der Waals surface area contributed by atoms with E-state index < -0.39 is 0 Å². The van der Waals surface area contributed by atoms with Gasteiger partial charge in [-0.15, -0.1) is 0 Å². The third-order valence-electron chi connectivity index (χ3n) is 5.35. The Balaban J connectivity index is 1.50. The first kappa shape index (κ1) is 18.3. The zero-order valence-electron chi connectivity index (χ0n) is 15.9. The fraction of sp³-hybridized carbons (Fsp3) is 0.208. The average Bonchev–Trinajstić information content (AvgIpc) is 2.76. The molecule has 4 nitrogen and oxygen atoms in total. The molecular weight excluding hydrogens is 346 g/mol. The molecule has 0 unspecified atom stereocenters. The molecule has 0 saturated carbocycles. The van der Waals surface area contributed by atoms with E-state index in [-0.39, 0.29) is 11.9 Å². The van der Waals surface area contributed by atoms with Crippen molar-refractivity contribution >= 4 is 11.6 Å². The average molecular weight is 371 g/mol. The molecule has 0 radical (unpaired) electrons. The molecule has 1 heterocycles. The molecule has 28 heavy (non-hydrogen) atoms. The summed E-state index contributed by atoms with van der Waals surface area (Å²) in [6.07, 6.45) is 0. The summed E-state index contributed by atoms with van der Waals surface area (Å²) in [5.41, 5.74) is 9.68. The topological polar surface area (TPSA) is 49.6 Å². The molecule has 0 bridgehead atoms. The van der Waals surface area contributed by atoms with Crippen molar-refractivity contribution in [2.45, 2.75) is 6.04 Å². The number of nitrogen functional groups attached to an aromatic ring is 1. The van der Waals surface area contributed by atoms with Crippen LogP contribution in [-0.4, -0.2) is 41.9 Å². The van der Waals surface area contributed by atoms with Gasteiger partial charge in [0, 0.05) is 37.4 Å².